The zero-order valence-corrected chi connectivity index (χ0v) is 10.5. The Kier molecular flexibility index (Phi) is 4.07. The second kappa shape index (κ2) is 5.35. The van der Waals surface area contributed by atoms with Gasteiger partial charge in [-0.05, 0) is 31.1 Å². The van der Waals surface area contributed by atoms with Crippen LogP contribution in [0.25, 0.3) is 0 Å². The average molecular weight is 222 g/mol. The van der Waals surface area contributed by atoms with Gasteiger partial charge in [-0.3, -0.25) is 0 Å². The van der Waals surface area contributed by atoms with Gasteiger partial charge in [0.05, 0.1) is 5.60 Å². The van der Waals surface area contributed by atoms with Crippen LogP contribution in [0.15, 0.2) is 12.7 Å². The third-order valence-electron chi connectivity index (χ3n) is 4.78. The van der Waals surface area contributed by atoms with Gasteiger partial charge in [0.15, 0.2) is 0 Å². The highest BCUT2D eigenvalue weighted by molar-refractivity contribution is 4.97. The molecular formula is C15H26O. The second-order valence-electron chi connectivity index (χ2n) is 5.85. The van der Waals surface area contributed by atoms with Gasteiger partial charge in [0.25, 0.3) is 0 Å². The molecule has 0 bridgehead atoms. The Bertz CT molecular complexity index is 230. The second-order valence-corrected chi connectivity index (χ2v) is 5.85. The molecule has 0 radical (unpaired) electrons. The normalized spacial score (nSPS) is 37.2. The first-order valence-corrected chi connectivity index (χ1v) is 7.09. The van der Waals surface area contributed by atoms with Gasteiger partial charge < -0.3 is 5.11 Å². The standard InChI is InChI=1S/C15H26O/c1-2-11-15(16)12-7-6-10-14(15)13-8-4-3-5-9-13/h2,13-14,16H,1,3-12H2. The minimum absolute atomic E-state index is 0.415. The van der Waals surface area contributed by atoms with E-state index in [0.29, 0.717) is 5.92 Å². The molecule has 0 saturated heterocycles. The van der Waals surface area contributed by atoms with Crippen molar-refractivity contribution in [3.8, 4) is 0 Å². The van der Waals surface area contributed by atoms with Crippen molar-refractivity contribution < 1.29 is 5.11 Å². The maximum atomic E-state index is 10.8. The van der Waals surface area contributed by atoms with E-state index >= 15 is 0 Å². The summed E-state index contributed by atoms with van der Waals surface area (Å²) < 4.78 is 0. The fraction of sp³-hybridized carbons (Fsp3) is 0.867. The van der Waals surface area contributed by atoms with E-state index in [9.17, 15) is 5.11 Å². The fourth-order valence-electron chi connectivity index (χ4n) is 3.96. The number of hydrogen-bond donors (Lipinski definition) is 1. The summed E-state index contributed by atoms with van der Waals surface area (Å²) in [6, 6.07) is 0. The Hall–Kier alpha value is -0.300. The molecule has 0 aromatic heterocycles. The first-order chi connectivity index (χ1) is 7.76. The molecule has 2 aliphatic rings. The van der Waals surface area contributed by atoms with Gasteiger partial charge >= 0.3 is 0 Å². The molecule has 1 nitrogen and oxygen atoms in total. The van der Waals surface area contributed by atoms with Gasteiger partial charge in [0.1, 0.15) is 0 Å². The minimum Gasteiger partial charge on any atom is -0.389 e. The van der Waals surface area contributed by atoms with Crippen LogP contribution in [0.3, 0.4) is 0 Å². The molecule has 2 rings (SSSR count). The molecule has 0 aliphatic heterocycles. The van der Waals surface area contributed by atoms with Crippen LogP contribution < -0.4 is 0 Å². The molecule has 0 amide bonds. The van der Waals surface area contributed by atoms with Crippen LogP contribution in [0, 0.1) is 11.8 Å². The van der Waals surface area contributed by atoms with E-state index in [1.165, 1.54) is 51.4 Å². The first-order valence-electron chi connectivity index (χ1n) is 7.09. The van der Waals surface area contributed by atoms with Crippen molar-refractivity contribution in [2.75, 3.05) is 0 Å². The molecule has 0 aromatic carbocycles. The molecule has 0 heterocycles. The molecule has 1 heteroatoms. The number of hydrogen-bond acceptors (Lipinski definition) is 1. The molecule has 2 unspecified atom stereocenters. The summed E-state index contributed by atoms with van der Waals surface area (Å²) in [5.41, 5.74) is -0.415. The first kappa shape index (κ1) is 12.2. The summed E-state index contributed by atoms with van der Waals surface area (Å²) in [6.07, 6.45) is 14.4. The van der Waals surface area contributed by atoms with Gasteiger partial charge in [0.2, 0.25) is 0 Å². The minimum atomic E-state index is -0.415. The summed E-state index contributed by atoms with van der Waals surface area (Å²) in [7, 11) is 0. The number of rotatable bonds is 3. The van der Waals surface area contributed by atoms with Gasteiger partial charge in [-0.2, -0.15) is 0 Å². The highest BCUT2D eigenvalue weighted by Gasteiger charge is 2.41. The lowest BCUT2D eigenvalue weighted by molar-refractivity contribution is -0.0747. The van der Waals surface area contributed by atoms with Crippen LogP contribution in [-0.4, -0.2) is 10.7 Å². The Labute approximate surface area is 99.9 Å². The molecule has 1 N–H and O–H groups in total. The lowest BCUT2D eigenvalue weighted by Crippen LogP contribution is -2.44. The van der Waals surface area contributed by atoms with E-state index in [-0.39, 0.29) is 0 Å². The predicted octanol–water partition coefficient (Wildman–Crippen LogP) is 4.06. The average Bonchev–Trinajstić information content (AvgIpc) is 2.31. The highest BCUT2D eigenvalue weighted by Crippen LogP contribution is 2.45. The highest BCUT2D eigenvalue weighted by atomic mass is 16.3. The van der Waals surface area contributed by atoms with E-state index in [1.54, 1.807) is 0 Å². The smallest absolute Gasteiger partial charge is 0.0712 e. The van der Waals surface area contributed by atoms with Crippen molar-refractivity contribution in [2.24, 2.45) is 11.8 Å². The molecule has 16 heavy (non-hydrogen) atoms. The Balaban J connectivity index is 2.05. The van der Waals surface area contributed by atoms with Gasteiger partial charge in [-0.1, -0.05) is 51.0 Å². The summed E-state index contributed by atoms with van der Waals surface area (Å²) in [5, 5.41) is 10.8. The summed E-state index contributed by atoms with van der Waals surface area (Å²) >= 11 is 0. The van der Waals surface area contributed by atoms with Crippen LogP contribution in [0.2, 0.25) is 0 Å². The van der Waals surface area contributed by atoms with Gasteiger partial charge in [-0.25, -0.2) is 0 Å². The zero-order chi connectivity index (χ0) is 11.4. The topological polar surface area (TPSA) is 20.2 Å². The van der Waals surface area contributed by atoms with Crippen molar-refractivity contribution in [3.05, 3.63) is 12.7 Å². The van der Waals surface area contributed by atoms with Crippen molar-refractivity contribution in [1.82, 2.24) is 0 Å². The van der Waals surface area contributed by atoms with Gasteiger partial charge in [0, 0.05) is 0 Å². The van der Waals surface area contributed by atoms with E-state index in [4.69, 9.17) is 0 Å². The van der Waals surface area contributed by atoms with E-state index in [2.05, 4.69) is 6.58 Å². The van der Waals surface area contributed by atoms with Crippen molar-refractivity contribution in [1.29, 1.82) is 0 Å². The van der Waals surface area contributed by atoms with Crippen molar-refractivity contribution >= 4 is 0 Å². The molecule has 0 aromatic rings. The fourth-order valence-corrected chi connectivity index (χ4v) is 3.96. The summed E-state index contributed by atoms with van der Waals surface area (Å²) in [6.45, 7) is 3.82. The molecule has 2 aliphatic carbocycles. The third-order valence-corrected chi connectivity index (χ3v) is 4.78. The zero-order valence-electron chi connectivity index (χ0n) is 10.5. The van der Waals surface area contributed by atoms with E-state index < -0.39 is 5.60 Å². The van der Waals surface area contributed by atoms with Gasteiger partial charge in [-0.15, -0.1) is 6.58 Å². The molecule has 0 spiro atoms. The third kappa shape index (κ3) is 2.51. The number of aliphatic hydroxyl groups is 1. The maximum absolute atomic E-state index is 10.8. The van der Waals surface area contributed by atoms with E-state index in [1.807, 2.05) is 6.08 Å². The summed E-state index contributed by atoms with van der Waals surface area (Å²) in [5.74, 6) is 1.35. The van der Waals surface area contributed by atoms with Crippen LogP contribution in [0.1, 0.15) is 64.2 Å². The Morgan fingerprint density at radius 1 is 1.06 bits per heavy atom. The van der Waals surface area contributed by atoms with Crippen LogP contribution >= 0.6 is 0 Å². The summed E-state index contributed by atoms with van der Waals surface area (Å²) in [4.78, 5) is 0. The molecule has 2 fully saturated rings. The van der Waals surface area contributed by atoms with Crippen molar-refractivity contribution in [2.45, 2.75) is 69.8 Å². The molecule has 2 saturated carbocycles. The lowest BCUT2D eigenvalue weighted by atomic mass is 9.64. The largest absolute Gasteiger partial charge is 0.389 e. The van der Waals surface area contributed by atoms with Crippen LogP contribution in [0.4, 0.5) is 0 Å². The molecule has 92 valence electrons. The maximum Gasteiger partial charge on any atom is 0.0712 e. The Morgan fingerprint density at radius 2 is 1.75 bits per heavy atom. The van der Waals surface area contributed by atoms with Crippen LogP contribution in [-0.2, 0) is 0 Å². The predicted molar refractivity (Wildman–Crippen MR) is 68.3 cm³/mol. The quantitative estimate of drug-likeness (QED) is 0.714. The Morgan fingerprint density at radius 3 is 2.44 bits per heavy atom. The molecular weight excluding hydrogens is 196 g/mol. The SMILES string of the molecule is C=CCC1(O)CCCCC1C1CCCCC1. The van der Waals surface area contributed by atoms with Crippen molar-refractivity contribution in [3.63, 3.8) is 0 Å². The van der Waals surface area contributed by atoms with Crippen LogP contribution in [0.5, 0.6) is 0 Å². The van der Waals surface area contributed by atoms with E-state index in [0.717, 1.165) is 18.8 Å². The lowest BCUT2D eigenvalue weighted by Gasteiger charge is -2.45. The monoisotopic (exact) mass is 222 g/mol. The molecule has 2 atom stereocenters.